The largest absolute Gasteiger partial charge is 0.494 e. The fraction of sp³-hybridized carbons (Fsp3) is 0.217. The molecule has 31 heavy (non-hydrogen) atoms. The van der Waals surface area contributed by atoms with Gasteiger partial charge in [-0.1, -0.05) is 18.2 Å². The predicted octanol–water partition coefficient (Wildman–Crippen LogP) is 2.81. The number of benzene rings is 2. The maximum atomic E-state index is 12.5. The van der Waals surface area contributed by atoms with E-state index in [-0.39, 0.29) is 24.4 Å². The minimum Gasteiger partial charge on any atom is -0.494 e. The van der Waals surface area contributed by atoms with Crippen LogP contribution in [0.15, 0.2) is 65.3 Å². The number of ether oxygens (including phenoxy) is 2. The maximum Gasteiger partial charge on any atom is 0.279 e. The van der Waals surface area contributed by atoms with E-state index in [2.05, 4.69) is 10.6 Å². The molecule has 0 saturated heterocycles. The van der Waals surface area contributed by atoms with E-state index >= 15 is 0 Å². The average molecular weight is 424 g/mol. The molecule has 0 aliphatic heterocycles. The molecule has 2 aromatic carbocycles. The van der Waals surface area contributed by atoms with Crippen LogP contribution in [0.5, 0.6) is 11.5 Å². The van der Waals surface area contributed by atoms with Crippen LogP contribution in [0.2, 0.25) is 0 Å². The molecule has 1 heterocycles. The lowest BCUT2D eigenvalue weighted by Crippen LogP contribution is -2.86. The van der Waals surface area contributed by atoms with Crippen LogP contribution in [0, 0.1) is 0 Å². The molecule has 8 nitrogen and oxygen atoms in total. The van der Waals surface area contributed by atoms with Gasteiger partial charge in [-0.25, -0.2) is 0 Å². The lowest BCUT2D eigenvalue weighted by Gasteiger charge is -2.16. The minimum absolute atomic E-state index is 0.00718. The molecule has 0 bridgehead atoms. The van der Waals surface area contributed by atoms with Gasteiger partial charge in [0.1, 0.15) is 17.5 Å². The van der Waals surface area contributed by atoms with Gasteiger partial charge in [-0.15, -0.1) is 0 Å². The smallest absolute Gasteiger partial charge is 0.279 e. The molecule has 0 aliphatic rings. The number of nitrogens with one attached hydrogen (secondary N) is 2. The van der Waals surface area contributed by atoms with Gasteiger partial charge in [-0.3, -0.25) is 9.59 Å². The topological polar surface area (TPSA) is 106 Å². The third-order valence-electron chi connectivity index (χ3n) is 4.73. The normalized spacial score (nSPS) is 11.5. The lowest BCUT2D eigenvalue weighted by molar-refractivity contribution is -0.684. The van der Waals surface area contributed by atoms with E-state index in [1.165, 1.54) is 14.2 Å². The Morgan fingerprint density at radius 3 is 2.19 bits per heavy atom. The summed E-state index contributed by atoms with van der Waals surface area (Å²) in [6.45, 7) is 2.15. The van der Waals surface area contributed by atoms with Crippen molar-refractivity contribution in [2.45, 2.75) is 13.0 Å². The molecular weight excluding hydrogens is 398 g/mol. The van der Waals surface area contributed by atoms with Crippen molar-refractivity contribution in [3.8, 4) is 11.5 Å². The van der Waals surface area contributed by atoms with E-state index in [9.17, 15) is 9.59 Å². The Bertz CT molecular complexity index is 1020. The molecule has 0 saturated carbocycles. The standard InChI is InChI=1S/C23H25N3O5/c1-15(19-10-7-11-31-19)24-14-22(27)25-17-12-21(30-3)18(13-20(17)29-2)26-23(28)16-8-5-4-6-9-16/h4-13,15,24H,14H2,1-3H3,(H,25,27)(H,26,28)/p+1/t15-/m1/s1. The highest BCUT2D eigenvalue weighted by molar-refractivity contribution is 6.05. The van der Waals surface area contributed by atoms with E-state index in [1.807, 2.05) is 30.4 Å². The number of methoxy groups -OCH3 is 2. The van der Waals surface area contributed by atoms with Crippen LogP contribution >= 0.6 is 0 Å². The summed E-state index contributed by atoms with van der Waals surface area (Å²) in [7, 11) is 2.98. The zero-order valence-electron chi connectivity index (χ0n) is 17.7. The number of amides is 2. The van der Waals surface area contributed by atoms with Crippen LogP contribution in [0.4, 0.5) is 11.4 Å². The maximum absolute atomic E-state index is 12.5. The molecule has 0 fully saturated rings. The number of carbonyl (C=O) groups excluding carboxylic acids is 2. The van der Waals surface area contributed by atoms with Gasteiger partial charge in [0.2, 0.25) is 0 Å². The van der Waals surface area contributed by atoms with Gasteiger partial charge < -0.3 is 29.8 Å². The first kappa shape index (κ1) is 21.9. The lowest BCUT2D eigenvalue weighted by atomic mass is 10.2. The summed E-state index contributed by atoms with van der Waals surface area (Å²) < 4.78 is 16.2. The summed E-state index contributed by atoms with van der Waals surface area (Å²) in [4.78, 5) is 25.0. The van der Waals surface area contributed by atoms with Gasteiger partial charge in [0.15, 0.2) is 12.3 Å². The highest BCUT2D eigenvalue weighted by Gasteiger charge is 2.18. The van der Waals surface area contributed by atoms with E-state index in [0.29, 0.717) is 28.4 Å². The number of anilines is 2. The van der Waals surface area contributed by atoms with Crippen LogP contribution in [0.3, 0.4) is 0 Å². The molecule has 0 aliphatic carbocycles. The molecule has 162 valence electrons. The van der Waals surface area contributed by atoms with Crippen LogP contribution in [0.25, 0.3) is 0 Å². The zero-order valence-corrected chi connectivity index (χ0v) is 17.7. The molecule has 1 atom stereocenters. The first-order valence-corrected chi connectivity index (χ1v) is 9.80. The monoisotopic (exact) mass is 424 g/mol. The van der Waals surface area contributed by atoms with E-state index in [4.69, 9.17) is 13.9 Å². The minimum atomic E-state index is -0.278. The highest BCUT2D eigenvalue weighted by Crippen LogP contribution is 2.36. The first-order chi connectivity index (χ1) is 15.0. The quantitative estimate of drug-likeness (QED) is 0.490. The molecule has 0 spiro atoms. The van der Waals surface area contributed by atoms with Gasteiger partial charge in [0.05, 0.1) is 31.9 Å². The third-order valence-corrected chi connectivity index (χ3v) is 4.73. The van der Waals surface area contributed by atoms with Crippen molar-refractivity contribution in [3.63, 3.8) is 0 Å². The second kappa shape index (κ2) is 10.3. The van der Waals surface area contributed by atoms with Gasteiger partial charge in [-0.2, -0.15) is 0 Å². The van der Waals surface area contributed by atoms with Crippen LogP contribution in [0.1, 0.15) is 29.1 Å². The van der Waals surface area contributed by atoms with Crippen molar-refractivity contribution in [3.05, 3.63) is 72.2 Å². The average Bonchev–Trinajstić information content (AvgIpc) is 3.33. The molecule has 0 radical (unpaired) electrons. The Morgan fingerprint density at radius 1 is 0.968 bits per heavy atom. The fourth-order valence-corrected chi connectivity index (χ4v) is 3.03. The molecule has 4 N–H and O–H groups in total. The number of quaternary nitrogens is 1. The summed E-state index contributed by atoms with van der Waals surface area (Å²) in [5.41, 5.74) is 1.40. The summed E-state index contributed by atoms with van der Waals surface area (Å²) >= 11 is 0. The predicted molar refractivity (Wildman–Crippen MR) is 116 cm³/mol. The van der Waals surface area contributed by atoms with E-state index in [0.717, 1.165) is 5.76 Å². The van der Waals surface area contributed by atoms with Gasteiger partial charge >= 0.3 is 0 Å². The highest BCUT2D eigenvalue weighted by atomic mass is 16.5. The third kappa shape index (κ3) is 5.64. The van der Waals surface area contributed by atoms with Crippen molar-refractivity contribution in [1.82, 2.24) is 0 Å². The van der Waals surface area contributed by atoms with Gasteiger partial charge in [0.25, 0.3) is 11.8 Å². The van der Waals surface area contributed by atoms with E-state index < -0.39 is 0 Å². The van der Waals surface area contributed by atoms with Crippen LogP contribution in [-0.4, -0.2) is 32.6 Å². The van der Waals surface area contributed by atoms with Crippen LogP contribution in [-0.2, 0) is 4.79 Å². The number of rotatable bonds is 9. The Morgan fingerprint density at radius 2 is 1.61 bits per heavy atom. The Kier molecular flexibility index (Phi) is 7.29. The molecule has 3 aromatic rings. The molecule has 8 heteroatoms. The Hall–Kier alpha value is -3.78. The molecular formula is C23H26N3O5+. The van der Waals surface area contributed by atoms with Crippen molar-refractivity contribution in [2.24, 2.45) is 0 Å². The summed E-state index contributed by atoms with van der Waals surface area (Å²) in [6, 6.07) is 15.8. The number of furan rings is 1. The number of hydrogen-bond donors (Lipinski definition) is 3. The summed E-state index contributed by atoms with van der Waals surface area (Å²) in [6.07, 6.45) is 1.61. The Balaban J connectivity index is 1.70. The second-order valence-electron chi connectivity index (χ2n) is 6.87. The van der Waals surface area contributed by atoms with Crippen LogP contribution < -0.4 is 25.4 Å². The van der Waals surface area contributed by atoms with E-state index in [1.54, 1.807) is 42.7 Å². The van der Waals surface area contributed by atoms with Crippen molar-refractivity contribution in [1.29, 1.82) is 0 Å². The molecule has 3 rings (SSSR count). The zero-order chi connectivity index (χ0) is 22.2. The van der Waals surface area contributed by atoms with Gasteiger partial charge in [0, 0.05) is 17.7 Å². The second-order valence-corrected chi connectivity index (χ2v) is 6.87. The van der Waals surface area contributed by atoms with Crippen molar-refractivity contribution < 1.29 is 28.8 Å². The number of nitrogens with two attached hydrogens (primary N) is 1. The molecule has 1 aromatic heterocycles. The number of carbonyl (C=O) groups is 2. The SMILES string of the molecule is COc1cc(NC(=O)c2ccccc2)c(OC)cc1NC(=O)C[NH2+][C@H](C)c1ccco1. The number of hydrogen-bond acceptors (Lipinski definition) is 5. The molecule has 2 amide bonds. The fourth-order valence-electron chi connectivity index (χ4n) is 3.03. The summed E-state index contributed by atoms with van der Waals surface area (Å²) in [5.74, 6) is 1.11. The first-order valence-electron chi connectivity index (χ1n) is 9.80. The molecule has 0 unspecified atom stereocenters. The van der Waals surface area contributed by atoms with Gasteiger partial charge in [-0.05, 0) is 31.2 Å². The Labute approximate surface area is 180 Å². The van der Waals surface area contributed by atoms with Crippen molar-refractivity contribution in [2.75, 3.05) is 31.4 Å². The summed E-state index contributed by atoms with van der Waals surface area (Å²) in [5, 5.41) is 7.51. The van der Waals surface area contributed by atoms with Crippen molar-refractivity contribution >= 4 is 23.2 Å².